The maximum absolute atomic E-state index is 13.0. The number of hydrogen-bond donors (Lipinski definition) is 1. The van der Waals surface area contributed by atoms with Gasteiger partial charge in [0.25, 0.3) is 5.91 Å². The Morgan fingerprint density at radius 1 is 1.34 bits per heavy atom. The molecule has 2 unspecified atom stereocenters. The van der Waals surface area contributed by atoms with Crippen molar-refractivity contribution >= 4 is 45.8 Å². The molecule has 0 aromatic rings. The second kappa shape index (κ2) is 10.4. The van der Waals surface area contributed by atoms with Crippen LogP contribution in [0.15, 0.2) is 17.4 Å². The van der Waals surface area contributed by atoms with Crippen LogP contribution in [0.2, 0.25) is 0 Å². The van der Waals surface area contributed by atoms with Gasteiger partial charge in [-0.25, -0.2) is 26.6 Å². The van der Waals surface area contributed by atoms with Gasteiger partial charge in [-0.2, -0.15) is 0 Å². The first kappa shape index (κ1) is 27.5. The highest BCUT2D eigenvalue weighted by atomic mass is 32.2. The molecule has 2 atom stereocenters. The highest BCUT2D eigenvalue weighted by Crippen LogP contribution is 2.38. The summed E-state index contributed by atoms with van der Waals surface area (Å²) in [5, 5.41) is 3.30. The molecule has 0 aromatic heterocycles. The van der Waals surface area contributed by atoms with Gasteiger partial charge in [-0.15, -0.1) is 5.06 Å². The molecule has 182 valence electrons. The molecule has 14 nitrogen and oxygen atoms in total. The molecule has 0 aromatic carbocycles. The minimum Gasteiger partial charge on any atom is -0.348 e. The van der Waals surface area contributed by atoms with Gasteiger partial charge < -0.3 is 9.74 Å². The first-order valence-corrected chi connectivity index (χ1v) is 11.6. The van der Waals surface area contributed by atoms with E-state index < -0.39 is 38.8 Å². The maximum Gasteiger partial charge on any atom is 0.449 e. The largest absolute Gasteiger partial charge is 0.449 e. The van der Waals surface area contributed by atoms with Crippen LogP contribution in [0.3, 0.4) is 0 Å². The van der Waals surface area contributed by atoms with Crippen LogP contribution in [-0.2, 0) is 29.1 Å². The predicted octanol–water partition coefficient (Wildman–Crippen LogP) is 0.175. The van der Waals surface area contributed by atoms with Crippen molar-refractivity contribution in [3.63, 3.8) is 0 Å². The highest BCUT2D eigenvalue weighted by molar-refractivity contribution is 7.95. The fourth-order valence-electron chi connectivity index (χ4n) is 2.41. The van der Waals surface area contributed by atoms with Gasteiger partial charge in [0, 0.05) is 34.4 Å². The summed E-state index contributed by atoms with van der Waals surface area (Å²) in [6.07, 6.45) is -1.06. The van der Waals surface area contributed by atoms with E-state index >= 15 is 0 Å². The molecule has 32 heavy (non-hydrogen) atoms. The smallest absolute Gasteiger partial charge is 0.348 e. The van der Waals surface area contributed by atoms with Crippen LogP contribution in [-0.4, -0.2) is 103 Å². The van der Waals surface area contributed by atoms with E-state index in [0.29, 0.717) is 12.1 Å². The van der Waals surface area contributed by atoms with E-state index in [2.05, 4.69) is 17.2 Å². The monoisotopic (exact) mass is 496 g/mol. The third-order valence-corrected chi connectivity index (χ3v) is 7.45. The van der Waals surface area contributed by atoms with Gasteiger partial charge in [-0.1, -0.05) is 11.7 Å². The van der Waals surface area contributed by atoms with E-state index in [1.54, 1.807) is 0 Å². The Kier molecular flexibility index (Phi) is 8.90. The summed E-state index contributed by atoms with van der Waals surface area (Å²) in [5.74, 6) is -0.657. The van der Waals surface area contributed by atoms with Crippen LogP contribution in [0.5, 0.6) is 0 Å². The molecule has 1 heterocycles. The van der Waals surface area contributed by atoms with E-state index in [0.717, 1.165) is 19.9 Å². The number of sulfone groups is 1. The number of carbonyl (C=O) groups excluding carboxylic acids is 3. The lowest BCUT2D eigenvalue weighted by molar-refractivity contribution is -0.175. The molecule has 1 aliphatic rings. The van der Waals surface area contributed by atoms with Crippen LogP contribution in [0.4, 0.5) is 9.59 Å². The fraction of sp³-hybridized carbons (Fsp3) is 0.625. The van der Waals surface area contributed by atoms with Gasteiger partial charge in [0.1, 0.15) is 0 Å². The summed E-state index contributed by atoms with van der Waals surface area (Å²) < 4.78 is 26.5. The maximum atomic E-state index is 13.0. The van der Waals surface area contributed by atoms with E-state index in [4.69, 9.17) is 14.5 Å². The van der Waals surface area contributed by atoms with Gasteiger partial charge in [0.15, 0.2) is 21.2 Å². The zero-order valence-corrected chi connectivity index (χ0v) is 20.7. The van der Waals surface area contributed by atoms with Crippen molar-refractivity contribution in [1.29, 1.82) is 0 Å². The normalized spacial score (nSPS) is 21.4. The average molecular weight is 497 g/mol. The Morgan fingerprint density at radius 3 is 2.38 bits per heavy atom. The Balaban J connectivity index is 3.45. The molecule has 0 saturated carbocycles. The van der Waals surface area contributed by atoms with Gasteiger partial charge in [0.2, 0.25) is 0 Å². The second-order valence-electron chi connectivity index (χ2n) is 7.08. The summed E-state index contributed by atoms with van der Waals surface area (Å²) >= 11 is 0.548. The average Bonchev–Trinajstić information content (AvgIpc) is 2.77. The molecule has 1 rings (SSSR count). The highest BCUT2D eigenvalue weighted by Gasteiger charge is 2.54. The first-order chi connectivity index (χ1) is 14.6. The number of hydrogen-bond acceptors (Lipinski definition) is 12. The SMILES string of the molecule is C=C(NOC)C(=NOC(=O)N1SN(C)C(=O)ON(C)C1(C)C(C)S(C)(=O)=O)C(=O)N(C)C. The standard InChI is InChI=1S/C16H28N6O8S2/c1-10(17-28-8)12(13(23)19(4)5)18-29-15(25)22-16(3,11(2)32(9,26)27)21(7)30-14(24)20(6)31-22/h11,17H,1H2,2-9H3. The van der Waals surface area contributed by atoms with E-state index in [1.807, 2.05) is 0 Å². The van der Waals surface area contributed by atoms with Gasteiger partial charge in [-0.05, 0) is 13.8 Å². The van der Waals surface area contributed by atoms with Crippen LogP contribution >= 0.6 is 12.1 Å². The predicted molar refractivity (Wildman–Crippen MR) is 116 cm³/mol. The molecule has 0 bridgehead atoms. The quantitative estimate of drug-likeness (QED) is 0.222. The fourth-order valence-corrected chi connectivity index (χ4v) is 4.42. The summed E-state index contributed by atoms with van der Waals surface area (Å²) in [5.41, 5.74) is 0.129. The molecule has 16 heteroatoms. The lowest BCUT2D eigenvalue weighted by Crippen LogP contribution is -2.63. The molecular weight excluding hydrogens is 468 g/mol. The zero-order chi connectivity index (χ0) is 25.0. The summed E-state index contributed by atoms with van der Waals surface area (Å²) in [6, 6.07) is 0. The van der Waals surface area contributed by atoms with Gasteiger partial charge in [0.05, 0.1) is 30.2 Å². The number of nitrogens with zero attached hydrogens (tertiary/aromatic N) is 5. The van der Waals surface area contributed by atoms with E-state index in [9.17, 15) is 22.8 Å². The van der Waals surface area contributed by atoms with Crippen LogP contribution in [0.1, 0.15) is 13.8 Å². The molecule has 1 fully saturated rings. The third-order valence-electron chi connectivity index (χ3n) is 4.64. The third kappa shape index (κ3) is 5.81. The number of amides is 3. The van der Waals surface area contributed by atoms with Crippen molar-refractivity contribution in [2.75, 3.05) is 41.6 Å². The van der Waals surface area contributed by atoms with E-state index in [-0.39, 0.29) is 11.4 Å². The Bertz CT molecular complexity index is 908. The Labute approximate surface area is 191 Å². The second-order valence-corrected chi connectivity index (χ2v) is 10.5. The van der Waals surface area contributed by atoms with Crippen molar-refractivity contribution < 1.29 is 37.3 Å². The number of rotatable bonds is 7. The van der Waals surface area contributed by atoms with Crippen molar-refractivity contribution in [3.05, 3.63) is 12.3 Å². The number of nitrogens with one attached hydrogen (secondary N) is 1. The van der Waals surface area contributed by atoms with Crippen molar-refractivity contribution in [3.8, 4) is 0 Å². The number of hydroxylamine groups is 3. The van der Waals surface area contributed by atoms with Crippen LogP contribution in [0.25, 0.3) is 0 Å². The molecular formula is C16H28N6O8S2. The minimum atomic E-state index is -3.74. The summed E-state index contributed by atoms with van der Waals surface area (Å²) in [4.78, 5) is 53.5. The van der Waals surface area contributed by atoms with Crippen molar-refractivity contribution in [1.82, 2.24) is 24.1 Å². The lowest BCUT2D eigenvalue weighted by Gasteiger charge is -2.43. The minimum absolute atomic E-state index is 0.0949. The van der Waals surface area contributed by atoms with E-state index in [1.165, 1.54) is 54.0 Å². The van der Waals surface area contributed by atoms with Crippen molar-refractivity contribution in [2.24, 2.45) is 5.16 Å². The molecule has 0 aliphatic carbocycles. The lowest BCUT2D eigenvalue weighted by atomic mass is 10.1. The molecule has 1 aliphatic heterocycles. The molecule has 3 amide bonds. The number of carbonyl (C=O) groups is 3. The molecule has 1 saturated heterocycles. The Morgan fingerprint density at radius 2 is 1.91 bits per heavy atom. The summed E-state index contributed by atoms with van der Waals surface area (Å²) in [7, 11) is 3.05. The van der Waals surface area contributed by atoms with Crippen LogP contribution < -0.4 is 5.48 Å². The van der Waals surface area contributed by atoms with Crippen molar-refractivity contribution in [2.45, 2.75) is 24.8 Å². The van der Waals surface area contributed by atoms with Gasteiger partial charge >= 0.3 is 12.2 Å². The topological polar surface area (TPSA) is 150 Å². The summed E-state index contributed by atoms with van der Waals surface area (Å²) in [6.45, 7) is 6.32. The van der Waals surface area contributed by atoms with Crippen LogP contribution in [0, 0.1) is 0 Å². The molecule has 1 N–H and O–H groups in total. The Hall–Kier alpha value is -2.56. The molecule has 0 spiro atoms. The van der Waals surface area contributed by atoms with Gasteiger partial charge in [-0.3, -0.25) is 19.9 Å². The first-order valence-electron chi connectivity index (χ1n) is 8.94. The number of oxime groups is 1. The zero-order valence-electron chi connectivity index (χ0n) is 19.1. The molecule has 0 radical (unpaired) electrons.